The minimum Gasteiger partial charge on any atom is -0.465 e. The van der Waals surface area contributed by atoms with E-state index < -0.39 is 11.5 Å². The minimum absolute atomic E-state index is 0.0544. The number of carbonyl (C=O) groups excluding carboxylic acids is 1. The predicted octanol–water partition coefficient (Wildman–Crippen LogP) is 1.05. The fourth-order valence-electron chi connectivity index (χ4n) is 2.82. The fraction of sp³-hybridized carbons (Fsp3) is 0.417. The third kappa shape index (κ3) is 1.38. The normalized spacial score (nSPS) is 20.7. The number of aromatic nitrogens is 1. The van der Waals surface area contributed by atoms with Gasteiger partial charge in [0.25, 0.3) is 0 Å². The number of carbonyl (C=O) groups is 2. The molecule has 18 heavy (non-hydrogen) atoms. The summed E-state index contributed by atoms with van der Waals surface area (Å²) < 4.78 is 0. The van der Waals surface area contributed by atoms with Gasteiger partial charge in [-0.05, 0) is 18.9 Å². The van der Waals surface area contributed by atoms with Gasteiger partial charge in [-0.15, -0.1) is 0 Å². The molecule has 6 nitrogen and oxygen atoms in total. The van der Waals surface area contributed by atoms with Gasteiger partial charge in [0.05, 0.1) is 5.41 Å². The zero-order valence-electron chi connectivity index (χ0n) is 9.72. The van der Waals surface area contributed by atoms with Crippen molar-refractivity contribution in [3.8, 4) is 0 Å². The van der Waals surface area contributed by atoms with E-state index in [0.29, 0.717) is 31.7 Å². The number of hydrogen-bond donors (Lipinski definition) is 2. The van der Waals surface area contributed by atoms with E-state index in [2.05, 4.69) is 10.3 Å². The quantitative estimate of drug-likeness (QED) is 0.717. The van der Waals surface area contributed by atoms with Crippen molar-refractivity contribution in [3.63, 3.8) is 0 Å². The molecule has 1 aromatic heterocycles. The highest BCUT2D eigenvalue weighted by Gasteiger charge is 2.49. The van der Waals surface area contributed by atoms with Crippen LogP contribution in [0.3, 0.4) is 0 Å². The maximum absolute atomic E-state index is 12.2. The van der Waals surface area contributed by atoms with Crippen LogP contribution in [0, 0.1) is 0 Å². The van der Waals surface area contributed by atoms with E-state index >= 15 is 0 Å². The molecule has 0 radical (unpaired) electrons. The van der Waals surface area contributed by atoms with Crippen molar-refractivity contribution in [2.75, 3.05) is 18.4 Å². The second kappa shape index (κ2) is 3.69. The standard InChI is InChI=1S/C12H13N3O3/c16-10-12(3-6-15(7-4-12)11(17)18)8-2-1-5-13-9(8)14-10/h1-2,5H,3-4,6-7H2,(H,17,18)(H,13,14,16). The molecule has 1 spiro atoms. The van der Waals surface area contributed by atoms with Crippen molar-refractivity contribution in [2.24, 2.45) is 0 Å². The molecule has 2 amide bonds. The molecule has 2 aliphatic rings. The maximum Gasteiger partial charge on any atom is 0.407 e. The lowest BCUT2D eigenvalue weighted by atomic mass is 9.74. The molecule has 2 N–H and O–H groups in total. The van der Waals surface area contributed by atoms with Gasteiger partial charge in [0, 0.05) is 24.8 Å². The van der Waals surface area contributed by atoms with Crippen LogP contribution in [0.5, 0.6) is 0 Å². The van der Waals surface area contributed by atoms with Crippen LogP contribution in [0.4, 0.5) is 10.6 Å². The molecule has 1 fully saturated rings. The number of nitrogens with one attached hydrogen (secondary N) is 1. The second-order valence-corrected chi connectivity index (χ2v) is 4.71. The van der Waals surface area contributed by atoms with Gasteiger partial charge in [-0.1, -0.05) is 6.07 Å². The average Bonchev–Trinajstić information content (AvgIpc) is 2.64. The third-order valence-electron chi connectivity index (χ3n) is 3.88. The highest BCUT2D eigenvalue weighted by atomic mass is 16.4. The maximum atomic E-state index is 12.2. The minimum atomic E-state index is -0.922. The summed E-state index contributed by atoms with van der Waals surface area (Å²) in [7, 11) is 0. The Morgan fingerprint density at radius 3 is 2.83 bits per heavy atom. The number of carboxylic acid groups (broad SMARTS) is 1. The van der Waals surface area contributed by atoms with Gasteiger partial charge in [0.15, 0.2) is 0 Å². The number of likely N-dealkylation sites (tertiary alicyclic amines) is 1. The Hall–Kier alpha value is -2.11. The van der Waals surface area contributed by atoms with Gasteiger partial charge in [-0.2, -0.15) is 0 Å². The van der Waals surface area contributed by atoms with E-state index in [1.165, 1.54) is 4.90 Å². The molecule has 0 aliphatic carbocycles. The number of fused-ring (bicyclic) bond motifs is 2. The molecule has 0 aromatic carbocycles. The largest absolute Gasteiger partial charge is 0.465 e. The first kappa shape index (κ1) is 11.0. The lowest BCUT2D eigenvalue weighted by Gasteiger charge is -2.36. The van der Waals surface area contributed by atoms with Crippen molar-refractivity contribution in [3.05, 3.63) is 23.9 Å². The zero-order valence-corrected chi connectivity index (χ0v) is 9.72. The Labute approximate surface area is 104 Å². The van der Waals surface area contributed by atoms with Crippen LogP contribution in [0.15, 0.2) is 18.3 Å². The smallest absolute Gasteiger partial charge is 0.407 e. The van der Waals surface area contributed by atoms with Crippen molar-refractivity contribution in [1.82, 2.24) is 9.88 Å². The van der Waals surface area contributed by atoms with Gasteiger partial charge in [-0.25, -0.2) is 9.78 Å². The third-order valence-corrected chi connectivity index (χ3v) is 3.88. The number of hydrogen-bond acceptors (Lipinski definition) is 3. The molecule has 1 aromatic rings. The number of anilines is 1. The molecule has 1 saturated heterocycles. The molecule has 6 heteroatoms. The van der Waals surface area contributed by atoms with Crippen molar-refractivity contribution >= 4 is 17.8 Å². The Kier molecular flexibility index (Phi) is 2.26. The Bertz CT molecular complexity index is 521. The van der Waals surface area contributed by atoms with Gasteiger partial charge < -0.3 is 15.3 Å². The van der Waals surface area contributed by atoms with Crippen LogP contribution in [-0.2, 0) is 10.2 Å². The van der Waals surface area contributed by atoms with Crippen LogP contribution in [0.1, 0.15) is 18.4 Å². The summed E-state index contributed by atoms with van der Waals surface area (Å²) in [5.41, 5.74) is 0.315. The number of amides is 2. The molecule has 0 unspecified atom stereocenters. The molecule has 0 saturated carbocycles. The first-order valence-electron chi connectivity index (χ1n) is 5.88. The second-order valence-electron chi connectivity index (χ2n) is 4.71. The Balaban J connectivity index is 1.93. The molecular weight excluding hydrogens is 234 g/mol. The molecule has 2 aliphatic heterocycles. The predicted molar refractivity (Wildman–Crippen MR) is 63.4 cm³/mol. The number of rotatable bonds is 0. The Morgan fingerprint density at radius 1 is 1.44 bits per heavy atom. The monoisotopic (exact) mass is 247 g/mol. The lowest BCUT2D eigenvalue weighted by Crippen LogP contribution is -2.47. The van der Waals surface area contributed by atoms with Crippen molar-refractivity contribution in [2.45, 2.75) is 18.3 Å². The van der Waals surface area contributed by atoms with Crippen LogP contribution < -0.4 is 5.32 Å². The number of nitrogens with zero attached hydrogens (tertiary/aromatic N) is 2. The first-order chi connectivity index (χ1) is 8.63. The molecule has 0 atom stereocenters. The summed E-state index contributed by atoms with van der Waals surface area (Å²) >= 11 is 0. The van der Waals surface area contributed by atoms with Gasteiger partial charge in [-0.3, -0.25) is 4.79 Å². The van der Waals surface area contributed by atoms with Gasteiger partial charge in [0.1, 0.15) is 5.82 Å². The van der Waals surface area contributed by atoms with Crippen molar-refractivity contribution < 1.29 is 14.7 Å². The van der Waals surface area contributed by atoms with Crippen LogP contribution in [-0.4, -0.2) is 40.1 Å². The molecule has 3 heterocycles. The fourth-order valence-corrected chi connectivity index (χ4v) is 2.82. The van der Waals surface area contributed by atoms with Gasteiger partial charge in [0.2, 0.25) is 5.91 Å². The molecule has 0 bridgehead atoms. The van der Waals surface area contributed by atoms with Crippen LogP contribution in [0.25, 0.3) is 0 Å². The topological polar surface area (TPSA) is 82.5 Å². The van der Waals surface area contributed by atoms with E-state index in [1.54, 1.807) is 6.20 Å². The summed E-state index contributed by atoms with van der Waals surface area (Å²) in [5, 5.41) is 11.7. The summed E-state index contributed by atoms with van der Waals surface area (Å²) in [4.78, 5) is 28.6. The SMILES string of the molecule is O=C(O)N1CCC2(CC1)C(=O)Nc1ncccc12. The molecule has 94 valence electrons. The first-order valence-corrected chi connectivity index (χ1v) is 5.88. The lowest BCUT2D eigenvalue weighted by molar-refractivity contribution is -0.122. The highest BCUT2D eigenvalue weighted by molar-refractivity contribution is 6.05. The van der Waals surface area contributed by atoms with Crippen LogP contribution in [0.2, 0.25) is 0 Å². The van der Waals surface area contributed by atoms with Crippen molar-refractivity contribution in [1.29, 1.82) is 0 Å². The van der Waals surface area contributed by atoms with Gasteiger partial charge >= 0.3 is 6.09 Å². The van der Waals surface area contributed by atoms with E-state index in [0.717, 1.165) is 5.56 Å². The van der Waals surface area contributed by atoms with E-state index in [4.69, 9.17) is 5.11 Å². The summed E-state index contributed by atoms with van der Waals surface area (Å²) in [5.74, 6) is 0.563. The number of pyridine rings is 1. The zero-order chi connectivity index (χ0) is 12.8. The molecular formula is C12H13N3O3. The number of piperidine rings is 1. The summed E-state index contributed by atoms with van der Waals surface area (Å²) in [6, 6.07) is 3.71. The Morgan fingerprint density at radius 2 is 2.17 bits per heavy atom. The summed E-state index contributed by atoms with van der Waals surface area (Å²) in [6.07, 6.45) is 1.76. The van der Waals surface area contributed by atoms with Crippen LogP contribution >= 0.6 is 0 Å². The van der Waals surface area contributed by atoms with E-state index in [9.17, 15) is 9.59 Å². The highest BCUT2D eigenvalue weighted by Crippen LogP contribution is 2.43. The van der Waals surface area contributed by atoms with E-state index in [1.807, 2.05) is 12.1 Å². The average molecular weight is 247 g/mol. The van der Waals surface area contributed by atoms with E-state index in [-0.39, 0.29) is 5.91 Å². The summed E-state index contributed by atoms with van der Waals surface area (Å²) in [6.45, 7) is 0.772. The molecule has 3 rings (SSSR count).